The van der Waals surface area contributed by atoms with Crippen molar-refractivity contribution >= 4 is 51.3 Å². The van der Waals surface area contributed by atoms with Gasteiger partial charge in [-0.15, -0.1) is 0 Å². The van der Waals surface area contributed by atoms with E-state index in [4.69, 9.17) is 9.84 Å². The molecule has 1 spiro atoms. The fourth-order valence-electron chi connectivity index (χ4n) is 6.39. The Bertz CT molecular complexity index is 1680. The summed E-state index contributed by atoms with van der Waals surface area (Å²) in [6, 6.07) is 28.1. The molecule has 224 valence electrons. The second-order valence-electron chi connectivity index (χ2n) is 10.7. The van der Waals surface area contributed by atoms with Crippen molar-refractivity contribution in [3.05, 3.63) is 112 Å². The van der Waals surface area contributed by atoms with Crippen LogP contribution in [0.5, 0.6) is 11.5 Å². The van der Waals surface area contributed by atoms with Crippen molar-refractivity contribution < 1.29 is 9.53 Å². The predicted molar refractivity (Wildman–Crippen MR) is 183 cm³/mol. The van der Waals surface area contributed by atoms with Gasteiger partial charge < -0.3 is 14.5 Å². The van der Waals surface area contributed by atoms with Crippen molar-refractivity contribution in [2.75, 3.05) is 36.0 Å². The molecule has 0 atom stereocenters. The number of fused-ring (bicyclic) bond motifs is 6. The summed E-state index contributed by atoms with van der Waals surface area (Å²) < 4.78 is 7.73. The Morgan fingerprint density at radius 2 is 1.32 bits per heavy atom. The van der Waals surface area contributed by atoms with Gasteiger partial charge in [-0.25, -0.2) is 5.01 Å². The van der Waals surface area contributed by atoms with E-state index >= 15 is 0 Å². The Labute approximate surface area is 267 Å². The molecule has 0 aliphatic carbocycles. The topological polar surface area (TPSA) is 60.7 Å². The molecule has 6 rings (SSSR count). The number of hydrazone groups is 1. The SMILES string of the molecule is CCN(CC)c1ccc2c(c1)Oc1cc(N(CC)CC)ccc1C21c2ccccc2C(=O)N1N=CC=Nc1ccc(Br)cc1. The minimum Gasteiger partial charge on any atom is -0.456 e. The highest BCUT2D eigenvalue weighted by atomic mass is 79.9. The highest BCUT2D eigenvalue weighted by Gasteiger charge is 2.57. The molecule has 0 bridgehead atoms. The number of halogens is 1. The number of anilines is 2. The van der Waals surface area contributed by atoms with Gasteiger partial charge in [0.05, 0.1) is 11.9 Å². The number of benzene rings is 4. The van der Waals surface area contributed by atoms with Crippen LogP contribution in [0.2, 0.25) is 0 Å². The molecule has 0 radical (unpaired) electrons. The highest BCUT2D eigenvalue weighted by molar-refractivity contribution is 9.10. The van der Waals surface area contributed by atoms with Gasteiger partial charge in [-0.3, -0.25) is 9.79 Å². The highest BCUT2D eigenvalue weighted by Crippen LogP contribution is 2.58. The lowest BCUT2D eigenvalue weighted by atomic mass is 9.75. The maximum Gasteiger partial charge on any atom is 0.275 e. The van der Waals surface area contributed by atoms with Crippen molar-refractivity contribution in [3.63, 3.8) is 0 Å². The first kappa shape index (κ1) is 29.6. The van der Waals surface area contributed by atoms with Crippen LogP contribution in [0.4, 0.5) is 17.1 Å². The Kier molecular flexibility index (Phi) is 8.27. The number of aliphatic imine (C=N–C) groups is 1. The molecule has 2 aliphatic heterocycles. The third-order valence-corrected chi connectivity index (χ3v) is 9.07. The van der Waals surface area contributed by atoms with Crippen LogP contribution in [0.3, 0.4) is 0 Å². The molecular weight excluding hydrogens is 614 g/mol. The maximum absolute atomic E-state index is 14.2. The molecule has 0 saturated heterocycles. The number of nitrogens with zero attached hydrogens (tertiary/aromatic N) is 5. The zero-order valence-corrected chi connectivity index (χ0v) is 27.1. The predicted octanol–water partition coefficient (Wildman–Crippen LogP) is 8.38. The number of carbonyl (C=O) groups is 1. The Balaban J connectivity index is 1.57. The molecule has 7 nitrogen and oxygen atoms in total. The fraction of sp³-hybridized carbons (Fsp3) is 0.250. The van der Waals surface area contributed by atoms with Crippen molar-refractivity contribution in [1.29, 1.82) is 0 Å². The van der Waals surface area contributed by atoms with Crippen LogP contribution in [0, 0.1) is 0 Å². The first-order valence-corrected chi connectivity index (χ1v) is 16.0. The Morgan fingerprint density at radius 3 is 1.89 bits per heavy atom. The molecule has 0 aromatic heterocycles. The third kappa shape index (κ3) is 4.87. The molecule has 0 saturated carbocycles. The lowest BCUT2D eigenvalue weighted by Crippen LogP contribution is -2.44. The summed E-state index contributed by atoms with van der Waals surface area (Å²) in [5, 5.41) is 6.44. The van der Waals surface area contributed by atoms with E-state index in [2.05, 4.69) is 94.8 Å². The van der Waals surface area contributed by atoms with E-state index in [-0.39, 0.29) is 5.91 Å². The second kappa shape index (κ2) is 12.3. The van der Waals surface area contributed by atoms with Gasteiger partial charge in [-0.2, -0.15) is 5.10 Å². The summed E-state index contributed by atoms with van der Waals surface area (Å²) >= 11 is 3.46. The van der Waals surface area contributed by atoms with Crippen LogP contribution < -0.4 is 14.5 Å². The van der Waals surface area contributed by atoms with Crippen LogP contribution in [0.15, 0.2) is 99.5 Å². The van der Waals surface area contributed by atoms with E-state index in [1.54, 1.807) is 17.4 Å². The minimum absolute atomic E-state index is 0.173. The molecule has 2 heterocycles. The number of carbonyl (C=O) groups excluding carboxylic acids is 1. The molecule has 8 heteroatoms. The molecule has 0 N–H and O–H groups in total. The molecule has 4 aromatic carbocycles. The monoisotopic (exact) mass is 649 g/mol. The lowest BCUT2D eigenvalue weighted by Gasteiger charge is -2.42. The third-order valence-electron chi connectivity index (χ3n) is 8.54. The molecule has 44 heavy (non-hydrogen) atoms. The van der Waals surface area contributed by atoms with E-state index < -0.39 is 5.54 Å². The Morgan fingerprint density at radius 1 is 0.750 bits per heavy atom. The lowest BCUT2D eigenvalue weighted by molar-refractivity contribution is 0.0675. The van der Waals surface area contributed by atoms with Crippen molar-refractivity contribution in [2.24, 2.45) is 10.1 Å². The number of ether oxygens (including phenoxy) is 1. The number of hydrogen-bond donors (Lipinski definition) is 0. The zero-order valence-electron chi connectivity index (χ0n) is 25.5. The number of hydrogen-bond acceptors (Lipinski definition) is 6. The average molecular weight is 651 g/mol. The minimum atomic E-state index is -1.03. The van der Waals surface area contributed by atoms with Gasteiger partial charge in [0.2, 0.25) is 0 Å². The van der Waals surface area contributed by atoms with Crippen LogP contribution >= 0.6 is 15.9 Å². The second-order valence-corrected chi connectivity index (χ2v) is 11.6. The van der Waals surface area contributed by atoms with Crippen LogP contribution in [-0.2, 0) is 5.54 Å². The van der Waals surface area contributed by atoms with Gasteiger partial charge in [0.15, 0.2) is 0 Å². The van der Waals surface area contributed by atoms with Gasteiger partial charge in [-0.05, 0) is 70.2 Å². The summed E-state index contributed by atoms with van der Waals surface area (Å²) in [5.74, 6) is 1.26. The van der Waals surface area contributed by atoms with E-state index in [0.717, 1.165) is 64.4 Å². The smallest absolute Gasteiger partial charge is 0.275 e. The van der Waals surface area contributed by atoms with Gasteiger partial charge in [-0.1, -0.05) is 46.3 Å². The largest absolute Gasteiger partial charge is 0.456 e. The molecule has 4 aromatic rings. The molecular formula is C36H36BrN5O2. The normalized spacial score (nSPS) is 14.6. The standard InChI is InChI=1S/C36H36BrN5O2/c1-5-40(6-2)27-17-19-31-33(23-27)44-34-24-28(41(7-3)8-4)18-20-32(34)36(31)30-12-10-9-11-29(30)35(43)42(36)39-22-21-38-26-15-13-25(37)14-16-26/h9-24H,5-8H2,1-4H3. The zero-order chi connectivity index (χ0) is 30.8. The molecule has 2 aliphatic rings. The van der Waals surface area contributed by atoms with Gasteiger partial charge >= 0.3 is 0 Å². The van der Waals surface area contributed by atoms with E-state index in [1.807, 2.05) is 48.5 Å². The summed E-state index contributed by atoms with van der Waals surface area (Å²) in [6.45, 7) is 12.1. The van der Waals surface area contributed by atoms with Crippen molar-refractivity contribution in [2.45, 2.75) is 33.2 Å². The maximum atomic E-state index is 14.2. The first-order chi connectivity index (χ1) is 21.5. The summed E-state index contributed by atoms with van der Waals surface area (Å²) in [5.41, 5.74) is 5.15. The van der Waals surface area contributed by atoms with Gasteiger partial charge in [0, 0.05) is 82.6 Å². The van der Waals surface area contributed by atoms with Gasteiger partial charge in [0.1, 0.15) is 17.0 Å². The number of amides is 1. The summed E-state index contributed by atoms with van der Waals surface area (Å²) in [4.78, 5) is 23.4. The number of rotatable bonds is 9. The van der Waals surface area contributed by atoms with Crippen molar-refractivity contribution in [1.82, 2.24) is 5.01 Å². The molecule has 0 unspecified atom stereocenters. The Hall–Kier alpha value is -4.43. The quantitative estimate of drug-likeness (QED) is 0.171. The van der Waals surface area contributed by atoms with E-state index in [1.165, 1.54) is 0 Å². The van der Waals surface area contributed by atoms with Crippen LogP contribution in [0.25, 0.3) is 0 Å². The molecule has 1 amide bonds. The average Bonchev–Trinajstić information content (AvgIpc) is 3.29. The van der Waals surface area contributed by atoms with E-state index in [9.17, 15) is 4.79 Å². The van der Waals surface area contributed by atoms with Crippen LogP contribution in [0.1, 0.15) is 54.7 Å². The fourth-order valence-corrected chi connectivity index (χ4v) is 6.65. The van der Waals surface area contributed by atoms with Crippen molar-refractivity contribution in [3.8, 4) is 11.5 Å². The first-order valence-electron chi connectivity index (χ1n) is 15.2. The van der Waals surface area contributed by atoms with Gasteiger partial charge in [0.25, 0.3) is 5.91 Å². The molecule has 0 fully saturated rings. The summed E-state index contributed by atoms with van der Waals surface area (Å²) in [7, 11) is 0. The van der Waals surface area contributed by atoms with Crippen LogP contribution in [-0.4, -0.2) is 49.5 Å². The van der Waals surface area contributed by atoms with E-state index in [0.29, 0.717) is 17.1 Å². The summed E-state index contributed by atoms with van der Waals surface area (Å²) in [6.07, 6.45) is 3.22.